The van der Waals surface area contributed by atoms with Gasteiger partial charge in [0.05, 0.1) is 20.8 Å². The van der Waals surface area contributed by atoms with E-state index in [1.165, 1.54) is 5.56 Å². The first kappa shape index (κ1) is 26.2. The molecule has 0 saturated carbocycles. The number of ether oxygens (including phenoxy) is 2. The fourth-order valence-electron chi connectivity index (χ4n) is 4.22. The Bertz CT molecular complexity index is 1450. The van der Waals surface area contributed by atoms with Crippen molar-refractivity contribution in [2.24, 2.45) is 0 Å². The lowest BCUT2D eigenvalue weighted by Gasteiger charge is -2.26. The molecule has 0 bridgehead atoms. The highest BCUT2D eigenvalue weighted by Gasteiger charge is 2.15. The monoisotopic (exact) mass is 516 g/mol. The molecule has 2 N–H and O–H groups in total. The number of pyridine rings is 2. The standard InChI is InChI=1S/C29H32N4O3S/c1-19-12-23-15-24(28(34)32-25(23)13-20(19)2)18-33(17-22-6-5-10-30-16-22)29(37)31-11-9-21-7-8-26(35-3)27(14-21)36-4/h5-8,10,12-16H,9,11,17-18H2,1-4H3,(H,31,37)(H,32,34). The Morgan fingerprint density at radius 2 is 1.78 bits per heavy atom. The first-order valence-corrected chi connectivity index (χ1v) is 12.5. The van der Waals surface area contributed by atoms with Crippen molar-refractivity contribution < 1.29 is 9.47 Å². The molecule has 0 aliphatic heterocycles. The minimum absolute atomic E-state index is 0.111. The van der Waals surface area contributed by atoms with Crippen LogP contribution >= 0.6 is 12.2 Å². The Balaban J connectivity index is 1.52. The van der Waals surface area contributed by atoms with Gasteiger partial charge in [0, 0.05) is 36.6 Å². The average Bonchev–Trinajstić information content (AvgIpc) is 2.90. The van der Waals surface area contributed by atoms with Crippen molar-refractivity contribution in [2.75, 3.05) is 20.8 Å². The normalized spacial score (nSPS) is 10.8. The molecule has 192 valence electrons. The van der Waals surface area contributed by atoms with Gasteiger partial charge >= 0.3 is 0 Å². The van der Waals surface area contributed by atoms with Gasteiger partial charge < -0.3 is 24.7 Å². The molecule has 0 aliphatic carbocycles. The van der Waals surface area contributed by atoms with Crippen LogP contribution in [0.15, 0.2) is 65.7 Å². The largest absolute Gasteiger partial charge is 0.493 e. The van der Waals surface area contributed by atoms with Crippen molar-refractivity contribution in [1.29, 1.82) is 0 Å². The van der Waals surface area contributed by atoms with Gasteiger partial charge in [-0.25, -0.2) is 0 Å². The van der Waals surface area contributed by atoms with E-state index in [0.717, 1.165) is 34.0 Å². The minimum Gasteiger partial charge on any atom is -0.493 e. The quantitative estimate of drug-likeness (QED) is 0.313. The van der Waals surface area contributed by atoms with E-state index in [2.05, 4.69) is 28.3 Å². The van der Waals surface area contributed by atoms with E-state index in [4.69, 9.17) is 21.7 Å². The fourth-order valence-corrected chi connectivity index (χ4v) is 4.45. The minimum atomic E-state index is -0.111. The molecular weight excluding hydrogens is 484 g/mol. The molecular formula is C29H32N4O3S. The summed E-state index contributed by atoms with van der Waals surface area (Å²) in [6.07, 6.45) is 4.30. The highest BCUT2D eigenvalue weighted by Crippen LogP contribution is 2.27. The van der Waals surface area contributed by atoms with Gasteiger partial charge in [0.25, 0.3) is 5.56 Å². The number of thiocarbonyl (C=S) groups is 1. The number of aryl methyl sites for hydroxylation is 2. The van der Waals surface area contributed by atoms with E-state index in [0.29, 0.717) is 41.8 Å². The summed E-state index contributed by atoms with van der Waals surface area (Å²) in [6.45, 7) is 5.65. The maximum absolute atomic E-state index is 13.0. The first-order valence-electron chi connectivity index (χ1n) is 12.1. The fraction of sp³-hybridized carbons (Fsp3) is 0.276. The Morgan fingerprint density at radius 1 is 1.00 bits per heavy atom. The van der Waals surface area contributed by atoms with Crippen LogP contribution < -0.4 is 20.3 Å². The van der Waals surface area contributed by atoms with Gasteiger partial charge in [-0.2, -0.15) is 0 Å². The molecule has 0 amide bonds. The van der Waals surface area contributed by atoms with Crippen molar-refractivity contribution in [3.05, 3.63) is 99.1 Å². The summed E-state index contributed by atoms with van der Waals surface area (Å²) in [7, 11) is 3.25. The summed E-state index contributed by atoms with van der Waals surface area (Å²) in [5, 5.41) is 4.94. The zero-order valence-electron chi connectivity index (χ0n) is 21.6. The third-order valence-corrected chi connectivity index (χ3v) is 6.82. The van der Waals surface area contributed by atoms with Gasteiger partial charge in [0.1, 0.15) is 0 Å². The van der Waals surface area contributed by atoms with Crippen molar-refractivity contribution in [3.63, 3.8) is 0 Å². The van der Waals surface area contributed by atoms with Gasteiger partial charge in [0.2, 0.25) is 0 Å². The van der Waals surface area contributed by atoms with Crippen LogP contribution in [0.5, 0.6) is 11.5 Å². The Morgan fingerprint density at radius 3 is 2.51 bits per heavy atom. The molecule has 4 aromatic rings. The molecule has 0 saturated heterocycles. The lowest BCUT2D eigenvalue weighted by atomic mass is 10.0. The van der Waals surface area contributed by atoms with E-state index in [-0.39, 0.29) is 5.56 Å². The molecule has 37 heavy (non-hydrogen) atoms. The van der Waals surface area contributed by atoms with Gasteiger partial charge in [0.15, 0.2) is 16.6 Å². The Labute approximate surface area is 222 Å². The van der Waals surface area contributed by atoms with Crippen molar-refractivity contribution in [1.82, 2.24) is 20.2 Å². The second-order valence-corrected chi connectivity index (χ2v) is 9.42. The molecule has 2 aromatic carbocycles. The van der Waals surface area contributed by atoms with E-state index < -0.39 is 0 Å². The van der Waals surface area contributed by atoms with Crippen LogP contribution in [0.2, 0.25) is 0 Å². The molecule has 0 spiro atoms. The number of aromatic nitrogens is 2. The SMILES string of the molecule is COc1ccc(CCNC(=S)N(Cc2cccnc2)Cc2cc3cc(C)c(C)cc3[nH]c2=O)cc1OC. The topological polar surface area (TPSA) is 79.5 Å². The van der Waals surface area contributed by atoms with Crippen molar-refractivity contribution >= 4 is 28.2 Å². The van der Waals surface area contributed by atoms with E-state index >= 15 is 0 Å². The lowest BCUT2D eigenvalue weighted by molar-refractivity contribution is 0.354. The zero-order valence-corrected chi connectivity index (χ0v) is 22.4. The van der Waals surface area contributed by atoms with Gasteiger partial charge in [-0.15, -0.1) is 0 Å². The number of hydrogen-bond acceptors (Lipinski definition) is 5. The van der Waals surface area contributed by atoms with Crippen LogP contribution in [0.3, 0.4) is 0 Å². The number of nitrogens with zero attached hydrogens (tertiary/aromatic N) is 2. The van der Waals surface area contributed by atoms with Crippen LogP contribution in [-0.2, 0) is 19.5 Å². The molecule has 8 heteroatoms. The molecule has 2 aromatic heterocycles. The summed E-state index contributed by atoms with van der Waals surface area (Å²) >= 11 is 5.79. The zero-order chi connectivity index (χ0) is 26.4. The van der Waals surface area contributed by atoms with Crippen molar-refractivity contribution in [2.45, 2.75) is 33.4 Å². The second kappa shape index (κ2) is 11.9. The molecule has 2 heterocycles. The maximum Gasteiger partial charge on any atom is 0.253 e. The summed E-state index contributed by atoms with van der Waals surface area (Å²) in [5.41, 5.74) is 5.83. The van der Waals surface area contributed by atoms with E-state index in [1.807, 2.05) is 60.5 Å². The van der Waals surface area contributed by atoms with Crippen LogP contribution in [0.4, 0.5) is 0 Å². The number of aromatic amines is 1. The number of benzene rings is 2. The lowest BCUT2D eigenvalue weighted by Crippen LogP contribution is -2.40. The summed E-state index contributed by atoms with van der Waals surface area (Å²) in [5.74, 6) is 1.39. The molecule has 0 atom stereocenters. The number of methoxy groups -OCH3 is 2. The predicted octanol–water partition coefficient (Wildman–Crippen LogP) is 4.68. The number of fused-ring (bicyclic) bond motifs is 1. The van der Waals surface area contributed by atoms with Crippen LogP contribution in [0.1, 0.15) is 27.8 Å². The van der Waals surface area contributed by atoms with Gasteiger partial charge in [-0.3, -0.25) is 9.78 Å². The summed E-state index contributed by atoms with van der Waals surface area (Å²) in [4.78, 5) is 22.2. The number of hydrogen-bond donors (Lipinski definition) is 2. The third kappa shape index (κ3) is 6.46. The van der Waals surface area contributed by atoms with Crippen LogP contribution in [-0.4, -0.2) is 40.7 Å². The van der Waals surface area contributed by atoms with Crippen molar-refractivity contribution in [3.8, 4) is 11.5 Å². The van der Waals surface area contributed by atoms with Crippen LogP contribution in [0, 0.1) is 13.8 Å². The van der Waals surface area contributed by atoms with E-state index in [1.54, 1.807) is 20.4 Å². The van der Waals surface area contributed by atoms with Gasteiger partial charge in [-0.1, -0.05) is 12.1 Å². The Kier molecular flexibility index (Phi) is 8.40. The average molecular weight is 517 g/mol. The predicted molar refractivity (Wildman–Crippen MR) is 151 cm³/mol. The van der Waals surface area contributed by atoms with Gasteiger partial charge in [-0.05, 0) is 96.5 Å². The summed E-state index contributed by atoms with van der Waals surface area (Å²) in [6, 6.07) is 15.9. The molecule has 0 fully saturated rings. The Hall–Kier alpha value is -3.91. The highest BCUT2D eigenvalue weighted by molar-refractivity contribution is 7.80. The molecule has 4 rings (SSSR count). The van der Waals surface area contributed by atoms with Crippen LogP contribution in [0.25, 0.3) is 10.9 Å². The molecule has 0 unspecified atom stereocenters. The second-order valence-electron chi connectivity index (χ2n) is 9.04. The summed E-state index contributed by atoms with van der Waals surface area (Å²) < 4.78 is 10.7. The highest BCUT2D eigenvalue weighted by atomic mass is 32.1. The maximum atomic E-state index is 13.0. The number of rotatable bonds is 9. The number of H-pyrrole nitrogens is 1. The molecule has 7 nitrogen and oxygen atoms in total. The first-order chi connectivity index (χ1) is 17.9. The van der Waals surface area contributed by atoms with E-state index in [9.17, 15) is 4.79 Å². The third-order valence-electron chi connectivity index (χ3n) is 6.42. The smallest absolute Gasteiger partial charge is 0.253 e. The number of nitrogens with one attached hydrogen (secondary N) is 2. The molecule has 0 radical (unpaired) electrons. The molecule has 0 aliphatic rings.